The lowest BCUT2D eigenvalue weighted by Gasteiger charge is -2.20. The third-order valence-electron chi connectivity index (χ3n) is 3.09. The number of halogens is 2. The van der Waals surface area contributed by atoms with Crippen LogP contribution in [0.5, 0.6) is 0 Å². The number of hydrogen-bond donors (Lipinski definition) is 0. The van der Waals surface area contributed by atoms with Crippen LogP contribution in [-0.4, -0.2) is 19.5 Å². The van der Waals surface area contributed by atoms with Gasteiger partial charge >= 0.3 is 0 Å². The summed E-state index contributed by atoms with van der Waals surface area (Å²) in [6.45, 7) is 0. The average molecular weight is 307 g/mol. The second-order valence-electron chi connectivity index (χ2n) is 4.32. The van der Waals surface area contributed by atoms with Gasteiger partial charge in [-0.25, -0.2) is 8.42 Å². The maximum absolute atomic E-state index is 12.3. The van der Waals surface area contributed by atoms with Crippen LogP contribution < -0.4 is 0 Å². The molecule has 1 aliphatic rings. The van der Waals surface area contributed by atoms with Crippen LogP contribution in [0.3, 0.4) is 0 Å². The van der Waals surface area contributed by atoms with E-state index in [1.165, 1.54) is 18.2 Å². The van der Waals surface area contributed by atoms with Gasteiger partial charge < -0.3 is 0 Å². The lowest BCUT2D eigenvalue weighted by molar-refractivity contribution is -0.119. The topological polar surface area (TPSA) is 51.2 Å². The Balaban J connectivity index is 2.41. The number of carbonyl (C=O) groups is 1. The quantitative estimate of drug-likeness (QED) is 0.842. The van der Waals surface area contributed by atoms with Gasteiger partial charge in [-0.3, -0.25) is 4.79 Å². The summed E-state index contributed by atoms with van der Waals surface area (Å²) >= 11 is 11.6. The fourth-order valence-electron chi connectivity index (χ4n) is 2.10. The van der Waals surface area contributed by atoms with Gasteiger partial charge in [0, 0.05) is 6.42 Å². The van der Waals surface area contributed by atoms with E-state index in [9.17, 15) is 13.2 Å². The molecule has 0 heterocycles. The van der Waals surface area contributed by atoms with Crippen molar-refractivity contribution in [3.63, 3.8) is 0 Å². The van der Waals surface area contributed by atoms with E-state index in [0.717, 1.165) is 12.8 Å². The third kappa shape index (κ3) is 2.56. The number of rotatable bonds is 2. The summed E-state index contributed by atoms with van der Waals surface area (Å²) in [4.78, 5) is 11.8. The van der Waals surface area contributed by atoms with Gasteiger partial charge in [-0.2, -0.15) is 0 Å². The van der Waals surface area contributed by atoms with Gasteiger partial charge in [-0.05, 0) is 31.0 Å². The first-order chi connectivity index (χ1) is 8.43. The van der Waals surface area contributed by atoms with E-state index in [1.807, 2.05) is 0 Å². The maximum atomic E-state index is 12.3. The molecular formula is C12H12Cl2O3S. The molecule has 0 aliphatic heterocycles. The van der Waals surface area contributed by atoms with Crippen LogP contribution in [0.1, 0.15) is 25.7 Å². The zero-order valence-electron chi connectivity index (χ0n) is 9.53. The first kappa shape index (κ1) is 13.8. The molecule has 3 nitrogen and oxygen atoms in total. The smallest absolute Gasteiger partial charge is 0.188 e. The van der Waals surface area contributed by atoms with E-state index in [2.05, 4.69) is 0 Å². The molecule has 0 saturated heterocycles. The zero-order chi connectivity index (χ0) is 13.3. The van der Waals surface area contributed by atoms with E-state index in [1.54, 1.807) is 0 Å². The van der Waals surface area contributed by atoms with Gasteiger partial charge in [0.25, 0.3) is 0 Å². The Hall–Kier alpha value is -0.580. The standard InChI is InChI=1S/C12H12Cl2O3S/c13-9-6-5-8(7-10(9)14)18(16,17)12-4-2-1-3-11(12)15/h5-7,12H,1-4H2. The van der Waals surface area contributed by atoms with Crippen molar-refractivity contribution < 1.29 is 13.2 Å². The molecular weight excluding hydrogens is 295 g/mol. The molecule has 1 aromatic rings. The second kappa shape index (κ2) is 5.19. The highest BCUT2D eigenvalue weighted by Crippen LogP contribution is 2.30. The Morgan fingerprint density at radius 3 is 2.44 bits per heavy atom. The maximum Gasteiger partial charge on any atom is 0.188 e. The Bertz CT molecular complexity index is 581. The SMILES string of the molecule is O=C1CCCCC1S(=O)(=O)c1ccc(Cl)c(Cl)c1. The van der Waals surface area contributed by atoms with Gasteiger partial charge in [0.1, 0.15) is 5.25 Å². The van der Waals surface area contributed by atoms with E-state index in [0.29, 0.717) is 17.9 Å². The van der Waals surface area contributed by atoms with Crippen molar-refractivity contribution in [1.82, 2.24) is 0 Å². The van der Waals surface area contributed by atoms with E-state index in [-0.39, 0.29) is 15.7 Å². The molecule has 1 fully saturated rings. The van der Waals surface area contributed by atoms with Crippen molar-refractivity contribution in [3.05, 3.63) is 28.2 Å². The zero-order valence-corrected chi connectivity index (χ0v) is 11.9. The average Bonchev–Trinajstić information content (AvgIpc) is 2.33. The summed E-state index contributed by atoms with van der Waals surface area (Å²) in [6, 6.07) is 4.14. The number of ketones is 1. The van der Waals surface area contributed by atoms with Crippen LogP contribution in [0.15, 0.2) is 23.1 Å². The lowest BCUT2D eigenvalue weighted by Crippen LogP contribution is -2.33. The minimum atomic E-state index is -3.64. The highest BCUT2D eigenvalue weighted by atomic mass is 35.5. The van der Waals surface area contributed by atoms with E-state index < -0.39 is 15.1 Å². The van der Waals surface area contributed by atoms with E-state index >= 15 is 0 Å². The molecule has 0 N–H and O–H groups in total. The fourth-order valence-corrected chi connectivity index (χ4v) is 4.27. The molecule has 1 atom stereocenters. The van der Waals surface area contributed by atoms with Crippen molar-refractivity contribution in [2.24, 2.45) is 0 Å². The van der Waals surface area contributed by atoms with Crippen molar-refractivity contribution in [1.29, 1.82) is 0 Å². The number of carbonyl (C=O) groups excluding carboxylic acids is 1. The third-order valence-corrected chi connectivity index (χ3v) is 5.99. The number of hydrogen-bond acceptors (Lipinski definition) is 3. The molecule has 0 bridgehead atoms. The second-order valence-corrected chi connectivity index (χ2v) is 7.27. The molecule has 0 radical (unpaired) electrons. The highest BCUT2D eigenvalue weighted by molar-refractivity contribution is 7.92. The predicted molar refractivity (Wildman–Crippen MR) is 70.9 cm³/mol. The van der Waals surface area contributed by atoms with Gasteiger partial charge in [0.2, 0.25) is 0 Å². The minimum Gasteiger partial charge on any atom is -0.298 e. The summed E-state index contributed by atoms with van der Waals surface area (Å²) in [5.74, 6) is -0.202. The summed E-state index contributed by atoms with van der Waals surface area (Å²) < 4.78 is 24.7. The van der Waals surface area contributed by atoms with Crippen LogP contribution in [-0.2, 0) is 14.6 Å². The normalized spacial score (nSPS) is 21.0. The van der Waals surface area contributed by atoms with Gasteiger partial charge in [-0.15, -0.1) is 0 Å². The number of benzene rings is 1. The highest BCUT2D eigenvalue weighted by Gasteiger charge is 2.35. The molecule has 0 aromatic heterocycles. The number of Topliss-reactive ketones (excluding diaryl/α,β-unsaturated/α-hetero) is 1. The van der Waals surface area contributed by atoms with Crippen LogP contribution >= 0.6 is 23.2 Å². The molecule has 1 saturated carbocycles. The molecule has 1 unspecified atom stereocenters. The van der Waals surface area contributed by atoms with Gasteiger partial charge in [0.15, 0.2) is 15.6 Å². The van der Waals surface area contributed by atoms with E-state index in [4.69, 9.17) is 23.2 Å². The van der Waals surface area contributed by atoms with Gasteiger partial charge in [-0.1, -0.05) is 29.6 Å². The monoisotopic (exact) mass is 306 g/mol. The van der Waals surface area contributed by atoms with Crippen LogP contribution in [0.2, 0.25) is 10.0 Å². The molecule has 18 heavy (non-hydrogen) atoms. The Morgan fingerprint density at radius 2 is 1.83 bits per heavy atom. The number of sulfone groups is 1. The van der Waals surface area contributed by atoms with Crippen molar-refractivity contribution in [2.75, 3.05) is 0 Å². The Morgan fingerprint density at radius 1 is 1.11 bits per heavy atom. The predicted octanol–water partition coefficient (Wildman–Crippen LogP) is 3.28. The largest absolute Gasteiger partial charge is 0.298 e. The summed E-state index contributed by atoms with van der Waals surface area (Å²) in [7, 11) is -3.64. The molecule has 1 aliphatic carbocycles. The fraction of sp³-hybridized carbons (Fsp3) is 0.417. The molecule has 1 aromatic carbocycles. The molecule has 6 heteroatoms. The molecule has 0 amide bonds. The Kier molecular flexibility index (Phi) is 3.99. The lowest BCUT2D eigenvalue weighted by atomic mass is 9.99. The Labute approximate surface area is 116 Å². The summed E-state index contributed by atoms with van der Waals surface area (Å²) in [5, 5.41) is -0.449. The van der Waals surface area contributed by atoms with Crippen molar-refractivity contribution in [2.45, 2.75) is 35.8 Å². The summed E-state index contributed by atoms with van der Waals surface area (Å²) in [6.07, 6.45) is 2.26. The van der Waals surface area contributed by atoms with Gasteiger partial charge in [0.05, 0.1) is 14.9 Å². The van der Waals surface area contributed by atoms with Crippen molar-refractivity contribution >= 4 is 38.8 Å². The van der Waals surface area contributed by atoms with Crippen LogP contribution in [0.25, 0.3) is 0 Å². The molecule has 2 rings (SSSR count). The molecule has 98 valence electrons. The first-order valence-corrected chi connectivity index (χ1v) is 7.95. The summed E-state index contributed by atoms with van der Waals surface area (Å²) in [5.41, 5.74) is 0. The van der Waals surface area contributed by atoms with Crippen LogP contribution in [0, 0.1) is 0 Å². The van der Waals surface area contributed by atoms with Crippen LogP contribution in [0.4, 0.5) is 0 Å². The van der Waals surface area contributed by atoms with Crippen molar-refractivity contribution in [3.8, 4) is 0 Å². The first-order valence-electron chi connectivity index (χ1n) is 5.64. The minimum absolute atomic E-state index is 0.0668. The molecule has 0 spiro atoms.